The maximum absolute atomic E-state index is 12.9. The summed E-state index contributed by atoms with van der Waals surface area (Å²) in [6, 6.07) is 9.51. The van der Waals surface area contributed by atoms with E-state index in [9.17, 15) is 9.90 Å². The first-order valence-corrected chi connectivity index (χ1v) is 22.6. The Hall–Kier alpha value is -4.66. The van der Waals surface area contributed by atoms with E-state index in [4.69, 9.17) is 30.2 Å². The van der Waals surface area contributed by atoms with Crippen molar-refractivity contribution in [2.45, 2.75) is 97.5 Å². The predicted molar refractivity (Wildman–Crippen MR) is 238 cm³/mol. The van der Waals surface area contributed by atoms with Crippen LogP contribution in [0.25, 0.3) is 15.8 Å². The molecule has 10 rings (SSSR count). The summed E-state index contributed by atoms with van der Waals surface area (Å²) < 4.78 is 13.4. The normalized spacial score (nSPS) is 28.0. The number of nitrogens with two attached hydrogens (primary N) is 1. The number of nitrogens with one attached hydrogen (secondary N) is 1. The number of carboxylic acid groups (broad SMARTS) is 1. The third kappa shape index (κ3) is 7.86. The molecular weight excluding hydrogens is 775 g/mol. The molecule has 0 radical (unpaired) electrons. The van der Waals surface area contributed by atoms with Crippen LogP contribution < -0.4 is 20.7 Å². The lowest BCUT2D eigenvalue weighted by atomic mass is 9.53. The van der Waals surface area contributed by atoms with E-state index in [1.165, 1.54) is 56.3 Å². The molecule has 0 spiro atoms. The summed E-state index contributed by atoms with van der Waals surface area (Å²) in [6.07, 6.45) is 12.7. The van der Waals surface area contributed by atoms with Gasteiger partial charge in [-0.1, -0.05) is 25.2 Å². The quantitative estimate of drug-likeness (QED) is 0.110. The Morgan fingerprint density at radius 3 is 2.62 bits per heavy atom. The van der Waals surface area contributed by atoms with Crippen molar-refractivity contribution in [2.75, 3.05) is 56.7 Å². The number of hydrogen-bond acceptors (Lipinski definition) is 13. The van der Waals surface area contributed by atoms with Crippen molar-refractivity contribution in [3.05, 3.63) is 58.9 Å². The first kappa shape index (κ1) is 40.7. The van der Waals surface area contributed by atoms with Gasteiger partial charge in [-0.2, -0.15) is 0 Å². The van der Waals surface area contributed by atoms with E-state index >= 15 is 0 Å². The zero-order valence-electron chi connectivity index (χ0n) is 35.7. The Kier molecular flexibility index (Phi) is 10.9. The molecule has 60 heavy (non-hydrogen) atoms. The van der Waals surface area contributed by atoms with Gasteiger partial charge in [-0.05, 0) is 138 Å². The van der Waals surface area contributed by atoms with Gasteiger partial charge in [0.15, 0.2) is 22.5 Å². The monoisotopic (exact) mass is 833 g/mol. The highest BCUT2D eigenvalue weighted by molar-refractivity contribution is 7.22. The Balaban J connectivity index is 0.923. The van der Waals surface area contributed by atoms with Gasteiger partial charge in [-0.15, -0.1) is 10.2 Å². The number of ether oxygens (including phenoxy) is 2. The summed E-state index contributed by atoms with van der Waals surface area (Å²) in [7, 11) is 1.64. The molecule has 4 N–H and O–H groups in total. The van der Waals surface area contributed by atoms with Crippen molar-refractivity contribution in [3.8, 4) is 5.75 Å². The second-order valence-electron chi connectivity index (χ2n) is 19.0. The van der Waals surface area contributed by atoms with Crippen molar-refractivity contribution >= 4 is 61.4 Å². The van der Waals surface area contributed by atoms with Gasteiger partial charge in [0.1, 0.15) is 11.6 Å². The topological polar surface area (TPSA) is 164 Å². The van der Waals surface area contributed by atoms with Gasteiger partial charge in [0.05, 0.1) is 29.5 Å². The lowest BCUT2D eigenvalue weighted by Gasteiger charge is -2.56. The number of nitrogens with zero attached hydrogens (tertiary/aromatic N) is 7. The standard InChI is InChI=1S/C46H59N9O4S/c1-28-33-9-8-16-55(41(33)53-52-40(28)51-43-49-36-19-32(58-5)10-12-37(36)60-43)38-13-11-34(39(50-38)42(56)57)35(23-47)29(2)48-24-31-21-45(4)25-44(3)20-30(31)22-46(26-44,27-45)59-18-17-54-14-6-7-15-54/h10-13,19,23,30-31H,6-9,14-18,20-22,24-27,47H2,1-5H3,(H,56,57)(H,49,51,52). The maximum Gasteiger partial charge on any atom is 0.355 e. The van der Waals surface area contributed by atoms with Crippen LogP contribution in [0.5, 0.6) is 5.75 Å². The average molecular weight is 834 g/mol. The zero-order chi connectivity index (χ0) is 41.8. The fourth-order valence-electron chi connectivity index (χ4n) is 12.1. The Labute approximate surface area is 356 Å². The van der Waals surface area contributed by atoms with Crippen molar-refractivity contribution in [1.29, 1.82) is 0 Å². The maximum atomic E-state index is 12.9. The molecular formula is C46H59N9O4S. The highest BCUT2D eigenvalue weighted by Gasteiger charge is 2.60. The van der Waals surface area contributed by atoms with Gasteiger partial charge < -0.3 is 35.4 Å². The second-order valence-corrected chi connectivity index (χ2v) is 20.0. The average Bonchev–Trinajstić information content (AvgIpc) is 3.86. The Morgan fingerprint density at radius 1 is 1.05 bits per heavy atom. The number of pyridine rings is 1. The molecule has 4 bridgehead atoms. The lowest BCUT2D eigenvalue weighted by molar-refractivity contribution is -0.165. The number of allylic oxidation sites excluding steroid dienone is 1. The molecule has 5 fully saturated rings. The minimum atomic E-state index is -1.13. The van der Waals surface area contributed by atoms with Gasteiger partial charge in [0.2, 0.25) is 0 Å². The smallest absolute Gasteiger partial charge is 0.355 e. The number of rotatable bonds is 13. The van der Waals surface area contributed by atoms with Gasteiger partial charge in [0.25, 0.3) is 0 Å². The minimum Gasteiger partial charge on any atom is -0.497 e. The van der Waals surface area contributed by atoms with Gasteiger partial charge in [-0.25, -0.2) is 14.8 Å². The number of aromatic nitrogens is 4. The van der Waals surface area contributed by atoms with E-state index in [1.807, 2.05) is 49.1 Å². The number of carbonyl (C=O) groups is 1. The molecule has 1 aromatic carbocycles. The molecule has 5 unspecified atom stereocenters. The molecule has 1 saturated heterocycles. The number of thiazole rings is 1. The first-order chi connectivity index (χ1) is 28.9. The number of aliphatic imine (C=N–C) groups is 1. The van der Waals surface area contributed by atoms with Crippen LogP contribution in [-0.2, 0) is 11.2 Å². The molecule has 318 valence electrons. The number of methoxy groups -OCH3 is 1. The highest BCUT2D eigenvalue weighted by atomic mass is 32.1. The van der Waals surface area contributed by atoms with Crippen molar-refractivity contribution in [2.24, 2.45) is 33.4 Å². The fraction of sp³-hybridized carbons (Fsp3) is 0.565. The number of benzene rings is 1. The van der Waals surface area contributed by atoms with Crippen molar-refractivity contribution < 1.29 is 19.4 Å². The number of anilines is 4. The van der Waals surface area contributed by atoms with E-state index < -0.39 is 5.97 Å². The van der Waals surface area contributed by atoms with Crippen LogP contribution in [0.2, 0.25) is 0 Å². The van der Waals surface area contributed by atoms with Crippen LogP contribution in [-0.4, -0.2) is 93.9 Å². The summed E-state index contributed by atoms with van der Waals surface area (Å²) >= 11 is 1.54. The highest BCUT2D eigenvalue weighted by Crippen LogP contribution is 2.66. The molecule has 14 heteroatoms. The van der Waals surface area contributed by atoms with Crippen LogP contribution >= 0.6 is 11.3 Å². The van der Waals surface area contributed by atoms with Crippen LogP contribution in [0, 0.1) is 29.6 Å². The summed E-state index contributed by atoms with van der Waals surface area (Å²) in [5.41, 5.74) is 11.3. The largest absolute Gasteiger partial charge is 0.497 e. The van der Waals surface area contributed by atoms with E-state index in [1.54, 1.807) is 7.11 Å². The number of hydrogen-bond donors (Lipinski definition) is 3. The number of fused-ring (bicyclic) bond motifs is 3. The second kappa shape index (κ2) is 16.0. The number of aromatic carboxylic acids is 1. The third-order valence-corrected chi connectivity index (χ3v) is 15.1. The molecule has 4 aliphatic carbocycles. The minimum absolute atomic E-state index is 0.0466. The molecule has 2 aliphatic heterocycles. The van der Waals surface area contributed by atoms with E-state index in [-0.39, 0.29) is 22.1 Å². The molecule has 4 aromatic rings. The lowest BCUT2D eigenvalue weighted by Crippen LogP contribution is -2.52. The molecule has 0 amide bonds. The molecule has 3 aromatic heterocycles. The summed E-state index contributed by atoms with van der Waals surface area (Å²) in [5.74, 6) is 2.41. The van der Waals surface area contributed by atoms with E-state index in [0.29, 0.717) is 58.6 Å². The SMILES string of the molecule is COc1ccc2sc(Nc3nnc4c(c3C)CCCN4c3ccc(C(=CN)C(C)=NCC4CC5(C)CC6(C)CC4CC(OCCN4CCCC4)(C5)C6)c(C(=O)O)n3)nc2c1. The van der Waals surface area contributed by atoms with E-state index in [2.05, 4.69) is 34.3 Å². The molecule has 5 heterocycles. The van der Waals surface area contributed by atoms with Crippen LogP contribution in [0.3, 0.4) is 0 Å². The van der Waals surface area contributed by atoms with Crippen LogP contribution in [0.15, 0.2) is 41.5 Å². The number of likely N-dealkylation sites (tertiary alicyclic amines) is 1. The molecule has 13 nitrogen and oxygen atoms in total. The first-order valence-electron chi connectivity index (χ1n) is 21.8. The number of carboxylic acids is 1. The van der Waals surface area contributed by atoms with Crippen molar-refractivity contribution in [1.82, 2.24) is 25.1 Å². The summed E-state index contributed by atoms with van der Waals surface area (Å²) in [6.45, 7) is 14.5. The van der Waals surface area contributed by atoms with Gasteiger partial charge in [0, 0.05) is 59.9 Å². The van der Waals surface area contributed by atoms with Crippen LogP contribution in [0.1, 0.15) is 106 Å². The Morgan fingerprint density at radius 2 is 1.85 bits per heavy atom. The summed E-state index contributed by atoms with van der Waals surface area (Å²) in [5, 5.41) is 23.9. The van der Waals surface area contributed by atoms with Crippen LogP contribution in [0.4, 0.5) is 22.6 Å². The summed E-state index contributed by atoms with van der Waals surface area (Å²) in [4.78, 5) is 32.1. The van der Waals surface area contributed by atoms with Crippen molar-refractivity contribution in [3.63, 3.8) is 0 Å². The predicted octanol–water partition coefficient (Wildman–Crippen LogP) is 8.56. The molecule has 6 aliphatic rings. The molecule has 4 saturated carbocycles. The van der Waals surface area contributed by atoms with E-state index in [0.717, 1.165) is 84.5 Å². The Bertz CT molecular complexity index is 2360. The zero-order valence-corrected chi connectivity index (χ0v) is 36.5. The third-order valence-electron chi connectivity index (χ3n) is 14.2. The van der Waals surface area contributed by atoms with Gasteiger partial charge >= 0.3 is 5.97 Å². The fourth-order valence-corrected chi connectivity index (χ4v) is 13.0. The molecule has 5 atom stereocenters. The van der Waals surface area contributed by atoms with Gasteiger partial charge in [-0.3, -0.25) is 4.99 Å².